The highest BCUT2D eigenvalue weighted by atomic mass is 16.5. The quantitative estimate of drug-likeness (QED) is 0.671. The average molecular weight is 312 g/mol. The molecule has 0 aromatic heterocycles. The molecule has 1 aliphatic rings. The number of carbonyl (C=O) groups is 1. The average Bonchev–Trinajstić information content (AvgIpc) is 2.59. The maximum Gasteiger partial charge on any atom is 0.339 e. The molecule has 3 N–H and O–H groups in total. The highest BCUT2D eigenvalue weighted by Crippen LogP contribution is 2.35. The minimum Gasteiger partial charge on any atom is -0.489 e. The van der Waals surface area contributed by atoms with Gasteiger partial charge in [-0.1, -0.05) is 36.4 Å². The van der Waals surface area contributed by atoms with Crippen LogP contribution >= 0.6 is 0 Å². The van der Waals surface area contributed by atoms with Crippen molar-refractivity contribution in [2.24, 2.45) is 5.73 Å². The summed E-state index contributed by atoms with van der Waals surface area (Å²) in [5.74, 6) is 0.720. The van der Waals surface area contributed by atoms with Crippen molar-refractivity contribution >= 4 is 6.03 Å². The first-order chi connectivity index (χ1) is 11.1. The van der Waals surface area contributed by atoms with Crippen molar-refractivity contribution in [1.82, 2.24) is 5.06 Å². The van der Waals surface area contributed by atoms with Gasteiger partial charge in [0.25, 0.3) is 0 Å². The van der Waals surface area contributed by atoms with E-state index < -0.39 is 12.1 Å². The minimum atomic E-state index is -0.835. The number of ether oxygens (including phenoxy) is 1. The van der Waals surface area contributed by atoms with Crippen molar-refractivity contribution < 1.29 is 14.7 Å². The summed E-state index contributed by atoms with van der Waals surface area (Å²) in [5.41, 5.74) is 8.31. The lowest BCUT2D eigenvalue weighted by atomic mass is 9.87. The number of amides is 2. The second kappa shape index (κ2) is 6.71. The van der Waals surface area contributed by atoms with Gasteiger partial charge in [-0.15, -0.1) is 0 Å². The van der Waals surface area contributed by atoms with Gasteiger partial charge in [-0.3, -0.25) is 5.21 Å². The van der Waals surface area contributed by atoms with Crippen molar-refractivity contribution in [2.75, 3.05) is 0 Å². The van der Waals surface area contributed by atoms with Gasteiger partial charge in [0.2, 0.25) is 0 Å². The Labute approximate surface area is 135 Å². The second-order valence-electron chi connectivity index (χ2n) is 5.73. The molecular formula is C18H20N2O3. The predicted octanol–water partition coefficient (Wildman–Crippen LogP) is 3.41. The lowest BCUT2D eigenvalue weighted by Crippen LogP contribution is -2.37. The number of nitrogens with two attached hydrogens (primary N) is 1. The zero-order valence-electron chi connectivity index (χ0n) is 12.8. The van der Waals surface area contributed by atoms with Gasteiger partial charge in [0.1, 0.15) is 12.4 Å². The Morgan fingerprint density at radius 1 is 1.26 bits per heavy atom. The number of hydroxylamine groups is 2. The fourth-order valence-corrected chi connectivity index (χ4v) is 2.99. The van der Waals surface area contributed by atoms with Crippen LogP contribution in [0.25, 0.3) is 0 Å². The lowest BCUT2D eigenvalue weighted by molar-refractivity contribution is -0.0808. The van der Waals surface area contributed by atoms with Crippen molar-refractivity contribution in [1.29, 1.82) is 0 Å². The SMILES string of the molecule is NC(=O)N(O)[C@@H]1CCCc2ccc(OCc3ccccc3)cc21. The van der Waals surface area contributed by atoms with Crippen LogP contribution in [0.5, 0.6) is 5.75 Å². The molecule has 2 aromatic rings. The van der Waals surface area contributed by atoms with Crippen molar-refractivity contribution in [2.45, 2.75) is 31.9 Å². The molecule has 0 unspecified atom stereocenters. The molecule has 2 aromatic carbocycles. The highest BCUT2D eigenvalue weighted by Gasteiger charge is 2.27. The number of carbonyl (C=O) groups excluding carboxylic acids is 1. The van der Waals surface area contributed by atoms with Gasteiger partial charge < -0.3 is 10.5 Å². The number of rotatable bonds is 4. The fraction of sp³-hybridized carbons (Fsp3) is 0.278. The Balaban J connectivity index is 1.79. The third-order valence-corrected chi connectivity index (χ3v) is 4.17. The summed E-state index contributed by atoms with van der Waals surface area (Å²) in [6.07, 6.45) is 2.53. The maximum absolute atomic E-state index is 11.3. The molecule has 0 aliphatic heterocycles. The molecule has 0 saturated heterocycles. The molecule has 5 nitrogen and oxygen atoms in total. The van der Waals surface area contributed by atoms with E-state index >= 15 is 0 Å². The van der Waals surface area contributed by atoms with Gasteiger partial charge in [-0.2, -0.15) is 5.06 Å². The first kappa shape index (κ1) is 15.4. The highest BCUT2D eigenvalue weighted by molar-refractivity contribution is 5.71. The van der Waals surface area contributed by atoms with E-state index in [1.54, 1.807) is 0 Å². The number of hydrogen-bond donors (Lipinski definition) is 2. The van der Waals surface area contributed by atoms with Crippen LogP contribution in [0.4, 0.5) is 4.79 Å². The lowest BCUT2D eigenvalue weighted by Gasteiger charge is -2.30. The van der Waals surface area contributed by atoms with E-state index in [4.69, 9.17) is 10.5 Å². The van der Waals surface area contributed by atoms with Gasteiger partial charge in [0.05, 0.1) is 6.04 Å². The standard InChI is InChI=1S/C18H20N2O3/c19-18(21)20(22)17-8-4-7-14-9-10-15(11-16(14)17)23-12-13-5-2-1-3-6-13/h1-3,5-6,9-11,17,22H,4,7-8,12H2,(H2,19,21)/t17-/m1/s1. The van der Waals surface area contributed by atoms with Gasteiger partial charge in [0, 0.05) is 0 Å². The molecule has 0 fully saturated rings. The van der Waals surface area contributed by atoms with Crippen LogP contribution in [0.3, 0.4) is 0 Å². The molecule has 1 atom stereocenters. The molecule has 1 aliphatic carbocycles. The molecule has 120 valence electrons. The second-order valence-corrected chi connectivity index (χ2v) is 5.73. The van der Waals surface area contributed by atoms with E-state index in [0.717, 1.165) is 35.3 Å². The zero-order valence-corrected chi connectivity index (χ0v) is 12.8. The molecule has 2 amide bonds. The van der Waals surface area contributed by atoms with E-state index in [0.29, 0.717) is 18.1 Å². The van der Waals surface area contributed by atoms with Gasteiger partial charge >= 0.3 is 6.03 Å². The summed E-state index contributed by atoms with van der Waals surface area (Å²) in [5, 5.41) is 10.5. The van der Waals surface area contributed by atoms with Crippen LogP contribution in [-0.2, 0) is 13.0 Å². The normalized spacial score (nSPS) is 16.5. The number of aryl methyl sites for hydroxylation is 1. The number of fused-ring (bicyclic) bond motifs is 1. The molecule has 3 rings (SSSR count). The Hall–Kier alpha value is -2.53. The molecule has 0 radical (unpaired) electrons. The first-order valence-electron chi connectivity index (χ1n) is 7.72. The van der Waals surface area contributed by atoms with E-state index in [9.17, 15) is 10.0 Å². The van der Waals surface area contributed by atoms with Crippen LogP contribution in [0.1, 0.15) is 35.6 Å². The third kappa shape index (κ3) is 3.46. The van der Waals surface area contributed by atoms with Crippen LogP contribution in [0.15, 0.2) is 48.5 Å². The summed E-state index contributed by atoms with van der Waals surface area (Å²) in [4.78, 5) is 11.3. The van der Waals surface area contributed by atoms with Gasteiger partial charge in [-0.25, -0.2) is 4.79 Å². The zero-order chi connectivity index (χ0) is 16.2. The summed E-state index contributed by atoms with van der Waals surface area (Å²) in [7, 11) is 0. The van der Waals surface area contributed by atoms with Crippen molar-refractivity contribution in [3.05, 3.63) is 65.2 Å². The summed E-state index contributed by atoms with van der Waals surface area (Å²) in [6.45, 7) is 0.475. The Morgan fingerprint density at radius 2 is 2.04 bits per heavy atom. The summed E-state index contributed by atoms with van der Waals surface area (Å²) >= 11 is 0. The van der Waals surface area contributed by atoms with Crippen molar-refractivity contribution in [3.8, 4) is 5.75 Å². The molecule has 0 saturated carbocycles. The maximum atomic E-state index is 11.3. The van der Waals surface area contributed by atoms with E-state index in [-0.39, 0.29) is 0 Å². The smallest absolute Gasteiger partial charge is 0.339 e. The summed E-state index contributed by atoms with van der Waals surface area (Å²) < 4.78 is 5.83. The summed E-state index contributed by atoms with van der Waals surface area (Å²) in [6, 6.07) is 14.5. The van der Waals surface area contributed by atoms with Crippen LogP contribution in [0.2, 0.25) is 0 Å². The molecule has 5 heteroatoms. The predicted molar refractivity (Wildman–Crippen MR) is 86.1 cm³/mol. The molecule has 0 heterocycles. The third-order valence-electron chi connectivity index (χ3n) is 4.17. The van der Waals surface area contributed by atoms with Crippen molar-refractivity contribution in [3.63, 3.8) is 0 Å². The Bertz CT molecular complexity index is 688. The number of urea groups is 1. The fourth-order valence-electron chi connectivity index (χ4n) is 2.99. The molecule has 0 spiro atoms. The van der Waals surface area contributed by atoms with E-state index in [1.165, 1.54) is 0 Å². The number of primary amides is 1. The van der Waals surface area contributed by atoms with Gasteiger partial charge in [0.15, 0.2) is 0 Å². The Kier molecular flexibility index (Phi) is 4.48. The monoisotopic (exact) mass is 312 g/mol. The van der Waals surface area contributed by atoms with E-state index in [2.05, 4.69) is 0 Å². The molecular weight excluding hydrogens is 292 g/mol. The van der Waals surface area contributed by atoms with Crippen LogP contribution in [0, 0.1) is 0 Å². The van der Waals surface area contributed by atoms with Crippen LogP contribution < -0.4 is 10.5 Å². The molecule has 0 bridgehead atoms. The Morgan fingerprint density at radius 3 is 2.78 bits per heavy atom. The topological polar surface area (TPSA) is 75.8 Å². The number of benzene rings is 2. The first-order valence-corrected chi connectivity index (χ1v) is 7.72. The molecule has 23 heavy (non-hydrogen) atoms. The minimum absolute atomic E-state index is 0.406. The largest absolute Gasteiger partial charge is 0.489 e. The number of hydrogen-bond acceptors (Lipinski definition) is 3. The van der Waals surface area contributed by atoms with Gasteiger partial charge in [-0.05, 0) is 48.1 Å². The number of nitrogens with zero attached hydrogens (tertiary/aromatic N) is 1. The van der Waals surface area contributed by atoms with E-state index in [1.807, 2.05) is 48.5 Å². The van der Waals surface area contributed by atoms with Crippen LogP contribution in [-0.4, -0.2) is 16.3 Å².